The average Bonchev–Trinajstić information content (AvgIpc) is 3.00. The van der Waals surface area contributed by atoms with Crippen LogP contribution in [0.4, 0.5) is 5.82 Å². The third-order valence-electron chi connectivity index (χ3n) is 3.26. The second-order valence-corrected chi connectivity index (χ2v) is 6.31. The van der Waals surface area contributed by atoms with Crippen LogP contribution in [0.1, 0.15) is 30.8 Å². The number of hydrogen-bond donors (Lipinski definition) is 1. The van der Waals surface area contributed by atoms with E-state index in [-0.39, 0.29) is 0 Å². The number of aromatic nitrogens is 1. The zero-order chi connectivity index (χ0) is 15.1. The topological polar surface area (TPSA) is 28.2 Å². The van der Waals surface area contributed by atoms with Gasteiger partial charge in [-0.2, -0.15) is 0 Å². The molecule has 2 aromatic heterocycles. The van der Waals surface area contributed by atoms with Gasteiger partial charge in [-0.15, -0.1) is 11.3 Å². The molecule has 0 fully saturated rings. The number of thiophene rings is 1. The smallest absolute Gasteiger partial charge is 0.129 e. The lowest BCUT2D eigenvalue weighted by atomic mass is 10.3. The monoisotopic (exact) mass is 323 g/mol. The molecule has 0 radical (unpaired) electrons. The number of nitrogens with zero attached hydrogens (tertiary/aromatic N) is 2. The van der Waals surface area contributed by atoms with Gasteiger partial charge >= 0.3 is 0 Å². The molecule has 2 heterocycles. The lowest BCUT2D eigenvalue weighted by Crippen LogP contribution is -2.23. The van der Waals surface area contributed by atoms with Crippen molar-refractivity contribution in [2.75, 3.05) is 18.0 Å². The molecule has 21 heavy (non-hydrogen) atoms. The minimum absolute atomic E-state index is 0.719. The number of pyridine rings is 1. The molecule has 0 unspecified atom stereocenters. The zero-order valence-electron chi connectivity index (χ0n) is 12.6. The van der Waals surface area contributed by atoms with E-state index in [0.29, 0.717) is 0 Å². The van der Waals surface area contributed by atoms with Crippen LogP contribution < -0.4 is 10.2 Å². The van der Waals surface area contributed by atoms with Crippen molar-refractivity contribution in [3.8, 4) is 0 Å². The van der Waals surface area contributed by atoms with Crippen LogP contribution in [-0.4, -0.2) is 18.1 Å². The minimum atomic E-state index is 0.719. The maximum atomic E-state index is 6.25. The molecule has 0 aliphatic carbocycles. The second kappa shape index (κ2) is 8.37. The Morgan fingerprint density at radius 3 is 2.81 bits per heavy atom. The van der Waals surface area contributed by atoms with Crippen LogP contribution in [0, 0.1) is 0 Å². The second-order valence-electron chi connectivity index (χ2n) is 4.87. The lowest BCUT2D eigenvalue weighted by molar-refractivity contribution is 0.662. The fraction of sp³-hybridized carbons (Fsp3) is 0.438. The number of rotatable bonds is 8. The van der Waals surface area contributed by atoms with Crippen LogP contribution in [0.3, 0.4) is 0 Å². The molecule has 0 saturated carbocycles. The molecule has 1 N–H and O–H groups in total. The Morgan fingerprint density at radius 1 is 1.29 bits per heavy atom. The first-order chi connectivity index (χ1) is 10.2. The Balaban J connectivity index is 2.11. The van der Waals surface area contributed by atoms with E-state index >= 15 is 0 Å². The first-order valence-corrected chi connectivity index (χ1v) is 8.63. The summed E-state index contributed by atoms with van der Waals surface area (Å²) in [6.45, 7) is 7.82. The minimum Gasteiger partial charge on any atom is -0.352 e. The van der Waals surface area contributed by atoms with Crippen molar-refractivity contribution in [1.82, 2.24) is 10.3 Å². The molecule has 0 saturated heterocycles. The van der Waals surface area contributed by atoms with Gasteiger partial charge in [0.1, 0.15) is 5.82 Å². The summed E-state index contributed by atoms with van der Waals surface area (Å²) in [5, 5.41) is 6.20. The maximum absolute atomic E-state index is 6.25. The van der Waals surface area contributed by atoms with Crippen LogP contribution in [0.25, 0.3) is 0 Å². The van der Waals surface area contributed by atoms with Crippen molar-refractivity contribution in [1.29, 1.82) is 0 Å². The van der Waals surface area contributed by atoms with Crippen LogP contribution in [0.5, 0.6) is 0 Å². The van der Waals surface area contributed by atoms with Gasteiger partial charge in [0.2, 0.25) is 0 Å². The molecular weight excluding hydrogens is 302 g/mol. The summed E-state index contributed by atoms with van der Waals surface area (Å²) >= 11 is 8.02. The average molecular weight is 324 g/mol. The van der Waals surface area contributed by atoms with Gasteiger partial charge in [-0.25, -0.2) is 4.98 Å². The quantitative estimate of drug-likeness (QED) is 0.733. The Kier molecular flexibility index (Phi) is 6.49. The number of halogens is 1. The van der Waals surface area contributed by atoms with Crippen LogP contribution >= 0.6 is 22.9 Å². The van der Waals surface area contributed by atoms with Crippen LogP contribution in [-0.2, 0) is 13.1 Å². The molecule has 0 aliphatic heterocycles. The number of hydrogen-bond acceptors (Lipinski definition) is 4. The van der Waals surface area contributed by atoms with E-state index in [4.69, 9.17) is 16.6 Å². The molecule has 0 bridgehead atoms. The third-order valence-corrected chi connectivity index (χ3v) is 4.46. The SMILES string of the molecule is CCCNCc1nc(N(CC)Cc2cccs2)ccc1Cl. The van der Waals surface area contributed by atoms with Gasteiger partial charge in [0.05, 0.1) is 17.3 Å². The summed E-state index contributed by atoms with van der Waals surface area (Å²) < 4.78 is 0. The van der Waals surface area contributed by atoms with Crippen molar-refractivity contribution in [2.24, 2.45) is 0 Å². The maximum Gasteiger partial charge on any atom is 0.129 e. The van der Waals surface area contributed by atoms with Gasteiger partial charge in [-0.05, 0) is 43.5 Å². The summed E-state index contributed by atoms with van der Waals surface area (Å²) in [6, 6.07) is 8.20. The highest BCUT2D eigenvalue weighted by atomic mass is 35.5. The summed E-state index contributed by atoms with van der Waals surface area (Å²) in [7, 11) is 0. The predicted molar refractivity (Wildman–Crippen MR) is 92.3 cm³/mol. The molecule has 2 aromatic rings. The third kappa shape index (κ3) is 4.70. The summed E-state index contributed by atoms with van der Waals surface area (Å²) in [5.41, 5.74) is 0.923. The normalized spacial score (nSPS) is 10.8. The summed E-state index contributed by atoms with van der Waals surface area (Å²) in [6.07, 6.45) is 1.11. The van der Waals surface area contributed by atoms with Crippen LogP contribution in [0.15, 0.2) is 29.6 Å². The van der Waals surface area contributed by atoms with E-state index < -0.39 is 0 Å². The van der Waals surface area contributed by atoms with E-state index in [1.165, 1.54) is 4.88 Å². The Bertz CT molecular complexity index is 542. The fourth-order valence-corrected chi connectivity index (χ4v) is 2.99. The van der Waals surface area contributed by atoms with Gasteiger partial charge in [0, 0.05) is 18.0 Å². The highest BCUT2D eigenvalue weighted by Gasteiger charge is 2.10. The van der Waals surface area contributed by atoms with Gasteiger partial charge in [0.25, 0.3) is 0 Å². The van der Waals surface area contributed by atoms with E-state index in [0.717, 1.165) is 49.1 Å². The van der Waals surface area contributed by atoms with Crippen LogP contribution in [0.2, 0.25) is 5.02 Å². The van der Waals surface area contributed by atoms with Gasteiger partial charge in [-0.3, -0.25) is 0 Å². The molecule has 0 spiro atoms. The van der Waals surface area contributed by atoms with Crippen molar-refractivity contribution in [3.05, 3.63) is 45.2 Å². The molecule has 2 rings (SSSR count). The first-order valence-electron chi connectivity index (χ1n) is 7.38. The Hall–Kier alpha value is -1.10. The predicted octanol–water partition coefficient (Wildman–Crippen LogP) is 4.32. The molecule has 3 nitrogen and oxygen atoms in total. The van der Waals surface area contributed by atoms with Crippen molar-refractivity contribution >= 4 is 28.8 Å². The standard InChI is InChI=1S/C16H22ClN3S/c1-3-9-18-11-15-14(17)7-8-16(19-15)20(4-2)12-13-6-5-10-21-13/h5-8,10,18H,3-4,9,11-12H2,1-2H3. The molecule has 0 aromatic carbocycles. The number of nitrogens with one attached hydrogen (secondary N) is 1. The first kappa shape index (κ1) is 16.3. The molecule has 0 amide bonds. The van der Waals surface area contributed by atoms with E-state index in [1.807, 2.05) is 12.1 Å². The number of anilines is 1. The Labute approximate surface area is 136 Å². The molecule has 0 atom stereocenters. The van der Waals surface area contributed by atoms with Crippen molar-refractivity contribution < 1.29 is 0 Å². The lowest BCUT2D eigenvalue weighted by Gasteiger charge is -2.22. The van der Waals surface area contributed by atoms with E-state index in [9.17, 15) is 0 Å². The van der Waals surface area contributed by atoms with E-state index in [1.54, 1.807) is 11.3 Å². The van der Waals surface area contributed by atoms with Crippen molar-refractivity contribution in [3.63, 3.8) is 0 Å². The highest BCUT2D eigenvalue weighted by molar-refractivity contribution is 7.09. The van der Waals surface area contributed by atoms with Gasteiger partial charge in [-0.1, -0.05) is 24.6 Å². The van der Waals surface area contributed by atoms with E-state index in [2.05, 4.69) is 41.6 Å². The molecule has 0 aliphatic rings. The molecule has 5 heteroatoms. The summed E-state index contributed by atoms with van der Waals surface area (Å²) in [4.78, 5) is 8.35. The highest BCUT2D eigenvalue weighted by Crippen LogP contribution is 2.22. The molecule has 114 valence electrons. The largest absolute Gasteiger partial charge is 0.352 e. The Morgan fingerprint density at radius 2 is 2.14 bits per heavy atom. The zero-order valence-corrected chi connectivity index (χ0v) is 14.2. The van der Waals surface area contributed by atoms with Gasteiger partial charge < -0.3 is 10.2 Å². The summed E-state index contributed by atoms with van der Waals surface area (Å²) in [5.74, 6) is 0.989. The van der Waals surface area contributed by atoms with Gasteiger partial charge in [0.15, 0.2) is 0 Å². The fourth-order valence-electron chi connectivity index (χ4n) is 2.10. The van der Waals surface area contributed by atoms with Crippen molar-refractivity contribution in [2.45, 2.75) is 33.4 Å². The molecular formula is C16H22ClN3S.